The Morgan fingerprint density at radius 3 is 2.36 bits per heavy atom. The number of aliphatic carboxylic acids is 3. The van der Waals surface area contributed by atoms with Gasteiger partial charge in [0.1, 0.15) is 5.76 Å². The number of aliphatic hydroxyl groups is 2. The van der Waals surface area contributed by atoms with Gasteiger partial charge in [0.25, 0.3) is 0 Å². The van der Waals surface area contributed by atoms with E-state index in [2.05, 4.69) is 4.90 Å². The number of rotatable bonds is 13. The molecular formula is C30H33NO16. The number of methoxy groups -OCH3 is 1. The Balaban J connectivity index is 1.41. The SMILES string of the molecule is COc1ccc2c3c1O[C@H]1C(OC(=O)C[C@H](OC(=O)C[C@H](O)C(=O)O)C(=O)O[C@@H](CC(=O)O)C(=O)O)=CC[C@@]4(O)[C@@H](C2)N(C)CC[C@]314. The van der Waals surface area contributed by atoms with E-state index in [-0.39, 0.29) is 18.2 Å². The maximum atomic E-state index is 13.3. The standard InChI is InChI=1S/C30H33NO16/c1-31-8-7-29-23-13-3-4-15(43-2)24(23)47-25(29)16(5-6-30(29,42)19(31)9-13)44-22(36)12-18(45-21(35)10-14(32)26(37)38)28(41)46-17(27(39)40)11-20(33)34/h3-5,14,17-19,25,32,42H,6-12H2,1-2H3,(H,33,34)(H,37,38)(H,39,40)/t14-,17-,18-,19+,25-,29-,30+/m0/s1. The predicted molar refractivity (Wildman–Crippen MR) is 150 cm³/mol. The third kappa shape index (κ3) is 5.74. The zero-order valence-corrected chi connectivity index (χ0v) is 25.2. The summed E-state index contributed by atoms with van der Waals surface area (Å²) in [7, 11) is 3.38. The molecule has 0 aromatic heterocycles. The van der Waals surface area contributed by atoms with Gasteiger partial charge in [-0.2, -0.15) is 0 Å². The second-order valence-corrected chi connectivity index (χ2v) is 11.9. The lowest BCUT2D eigenvalue weighted by atomic mass is 9.50. The minimum atomic E-state index is -2.23. The number of likely N-dealkylation sites (N-methyl/N-ethyl adjacent to an activating group) is 1. The normalized spacial score (nSPS) is 27.1. The van der Waals surface area contributed by atoms with Gasteiger partial charge < -0.3 is 54.1 Å². The van der Waals surface area contributed by atoms with Crippen molar-refractivity contribution in [2.45, 2.75) is 80.0 Å². The lowest BCUT2D eigenvalue weighted by Crippen LogP contribution is -2.74. The molecule has 47 heavy (non-hydrogen) atoms. The summed E-state index contributed by atoms with van der Waals surface area (Å²) in [6.45, 7) is 0.581. The molecule has 254 valence electrons. The quantitative estimate of drug-likeness (QED) is 0.127. The molecule has 17 nitrogen and oxygen atoms in total. The van der Waals surface area contributed by atoms with E-state index in [9.17, 15) is 44.1 Å². The molecule has 2 aliphatic carbocycles. The smallest absolute Gasteiger partial charge is 0.348 e. The monoisotopic (exact) mass is 663 g/mol. The Morgan fingerprint density at radius 1 is 1.00 bits per heavy atom. The number of carboxylic acids is 3. The minimum absolute atomic E-state index is 0.0110. The maximum absolute atomic E-state index is 13.3. The molecule has 2 bridgehead atoms. The highest BCUT2D eigenvalue weighted by Crippen LogP contribution is 2.65. The number of nitrogens with zero attached hydrogens (tertiary/aromatic N) is 1. The van der Waals surface area contributed by atoms with Crippen molar-refractivity contribution in [3.63, 3.8) is 0 Å². The molecule has 7 atom stereocenters. The molecule has 17 heteroatoms. The highest BCUT2D eigenvalue weighted by atomic mass is 16.6. The van der Waals surface area contributed by atoms with Gasteiger partial charge in [0.05, 0.1) is 37.4 Å². The Bertz CT molecular complexity index is 1550. The second kappa shape index (κ2) is 12.5. The van der Waals surface area contributed by atoms with E-state index in [4.69, 9.17) is 33.9 Å². The number of ether oxygens (including phenoxy) is 5. The topological polar surface area (TPSA) is 253 Å². The Morgan fingerprint density at radius 2 is 1.72 bits per heavy atom. The van der Waals surface area contributed by atoms with Crippen molar-refractivity contribution >= 4 is 35.8 Å². The van der Waals surface area contributed by atoms with Crippen molar-refractivity contribution in [3.05, 3.63) is 35.1 Å². The molecule has 2 heterocycles. The molecule has 5 N–H and O–H groups in total. The average Bonchev–Trinajstić information content (AvgIpc) is 3.35. The van der Waals surface area contributed by atoms with Crippen LogP contribution in [0.5, 0.6) is 11.5 Å². The summed E-state index contributed by atoms with van der Waals surface area (Å²) in [5.74, 6) is -8.76. The zero-order valence-electron chi connectivity index (χ0n) is 25.2. The first-order valence-electron chi connectivity index (χ1n) is 14.6. The number of carbonyl (C=O) groups excluding carboxylic acids is 3. The van der Waals surface area contributed by atoms with Crippen LogP contribution in [0.2, 0.25) is 0 Å². The second-order valence-electron chi connectivity index (χ2n) is 11.9. The van der Waals surface area contributed by atoms with Crippen molar-refractivity contribution in [1.82, 2.24) is 4.90 Å². The zero-order chi connectivity index (χ0) is 34.4. The fraction of sp³-hybridized carbons (Fsp3) is 0.533. The Hall–Kier alpha value is -4.74. The largest absolute Gasteiger partial charge is 0.493 e. The lowest BCUT2D eigenvalue weighted by Gasteiger charge is -2.61. The number of hydrogen-bond acceptors (Lipinski definition) is 14. The highest BCUT2D eigenvalue weighted by Gasteiger charge is 2.72. The summed E-state index contributed by atoms with van der Waals surface area (Å²) in [5, 5.41) is 48.9. The van der Waals surface area contributed by atoms with Gasteiger partial charge in [-0.3, -0.25) is 14.4 Å². The summed E-state index contributed by atoms with van der Waals surface area (Å²) in [4.78, 5) is 74.1. The van der Waals surface area contributed by atoms with Gasteiger partial charge in [0, 0.05) is 18.0 Å². The Kier molecular flexibility index (Phi) is 8.91. The minimum Gasteiger partial charge on any atom is -0.493 e. The molecule has 1 aromatic rings. The van der Waals surface area contributed by atoms with Crippen LogP contribution in [0.1, 0.15) is 43.2 Å². The van der Waals surface area contributed by atoms with Gasteiger partial charge in [-0.05, 0) is 44.1 Å². The number of carbonyl (C=O) groups is 6. The molecule has 0 saturated carbocycles. The first kappa shape index (κ1) is 33.6. The van der Waals surface area contributed by atoms with Crippen molar-refractivity contribution in [1.29, 1.82) is 0 Å². The van der Waals surface area contributed by atoms with E-state index in [1.165, 1.54) is 13.2 Å². The van der Waals surface area contributed by atoms with E-state index >= 15 is 0 Å². The lowest BCUT2D eigenvalue weighted by molar-refractivity contribution is -0.182. The summed E-state index contributed by atoms with van der Waals surface area (Å²) in [6.07, 6.45) is -8.58. The number of aliphatic hydroxyl groups excluding tert-OH is 1. The van der Waals surface area contributed by atoms with Crippen LogP contribution in [0.4, 0.5) is 0 Å². The average molecular weight is 664 g/mol. The summed E-state index contributed by atoms with van der Waals surface area (Å²) in [6, 6.07) is 3.36. The van der Waals surface area contributed by atoms with Gasteiger partial charge in [-0.1, -0.05) is 6.07 Å². The number of benzene rings is 1. The summed E-state index contributed by atoms with van der Waals surface area (Å²) >= 11 is 0. The molecule has 1 saturated heterocycles. The fourth-order valence-electron chi connectivity index (χ4n) is 7.09. The molecule has 2 aliphatic heterocycles. The molecule has 0 amide bonds. The van der Waals surface area contributed by atoms with E-state index in [0.29, 0.717) is 30.9 Å². The molecule has 1 fully saturated rings. The van der Waals surface area contributed by atoms with E-state index < -0.39 is 90.5 Å². The van der Waals surface area contributed by atoms with E-state index in [1.54, 1.807) is 6.07 Å². The molecule has 0 unspecified atom stereocenters. The van der Waals surface area contributed by atoms with Crippen LogP contribution in [0.25, 0.3) is 0 Å². The number of hydrogen-bond donors (Lipinski definition) is 5. The summed E-state index contributed by atoms with van der Waals surface area (Å²) < 4.78 is 27.2. The van der Waals surface area contributed by atoms with Gasteiger partial charge in [0.15, 0.2) is 23.7 Å². The van der Waals surface area contributed by atoms with Gasteiger partial charge in [-0.15, -0.1) is 0 Å². The third-order valence-electron chi connectivity index (χ3n) is 9.22. The van der Waals surface area contributed by atoms with Gasteiger partial charge in [0.2, 0.25) is 12.2 Å². The third-order valence-corrected chi connectivity index (χ3v) is 9.22. The molecular weight excluding hydrogens is 630 g/mol. The molecule has 5 rings (SSSR count). The molecule has 1 spiro atoms. The van der Waals surface area contributed by atoms with Crippen LogP contribution >= 0.6 is 0 Å². The number of piperidine rings is 1. The molecule has 1 aromatic carbocycles. The number of esters is 3. The van der Waals surface area contributed by atoms with Crippen molar-refractivity contribution in [2.24, 2.45) is 0 Å². The predicted octanol–water partition coefficient (Wildman–Crippen LogP) is -0.875. The van der Waals surface area contributed by atoms with Crippen molar-refractivity contribution < 1.29 is 78.0 Å². The van der Waals surface area contributed by atoms with Gasteiger partial charge >= 0.3 is 35.8 Å². The summed E-state index contributed by atoms with van der Waals surface area (Å²) in [5.41, 5.74) is -0.686. The maximum Gasteiger partial charge on any atom is 0.348 e. The first-order valence-corrected chi connectivity index (χ1v) is 14.6. The Labute approximate surface area is 266 Å². The van der Waals surface area contributed by atoms with Crippen LogP contribution in [0.15, 0.2) is 24.0 Å². The van der Waals surface area contributed by atoms with Crippen molar-refractivity contribution in [2.75, 3.05) is 20.7 Å². The highest BCUT2D eigenvalue weighted by molar-refractivity contribution is 5.88. The van der Waals surface area contributed by atoms with E-state index in [0.717, 1.165) is 11.1 Å². The fourth-order valence-corrected chi connectivity index (χ4v) is 7.09. The number of likely N-dealkylation sites (tertiary alicyclic amines) is 1. The van der Waals surface area contributed by atoms with E-state index in [1.807, 2.05) is 13.1 Å². The van der Waals surface area contributed by atoms with Crippen LogP contribution in [-0.4, -0.2) is 123 Å². The van der Waals surface area contributed by atoms with Crippen LogP contribution < -0.4 is 9.47 Å². The molecule has 4 aliphatic rings. The molecule has 0 radical (unpaired) electrons. The van der Waals surface area contributed by atoms with Gasteiger partial charge in [-0.25, -0.2) is 14.4 Å². The van der Waals surface area contributed by atoms with Crippen LogP contribution in [0, 0.1) is 0 Å². The number of carboxylic acid groups (broad SMARTS) is 3. The van der Waals surface area contributed by atoms with Crippen LogP contribution in [-0.2, 0) is 54.8 Å². The first-order chi connectivity index (χ1) is 22.1. The van der Waals surface area contributed by atoms with Crippen molar-refractivity contribution in [3.8, 4) is 11.5 Å². The van der Waals surface area contributed by atoms with Crippen LogP contribution in [0.3, 0.4) is 0 Å².